The summed E-state index contributed by atoms with van der Waals surface area (Å²) in [6.45, 7) is 3.87. The first kappa shape index (κ1) is 15.7. The van der Waals surface area contributed by atoms with Gasteiger partial charge in [0, 0.05) is 15.7 Å². The van der Waals surface area contributed by atoms with Crippen LogP contribution >= 0.6 is 28.1 Å². The predicted octanol–water partition coefficient (Wildman–Crippen LogP) is 3.95. The number of aryl methyl sites for hydroxylation is 2. The molecule has 0 aliphatic rings. The van der Waals surface area contributed by atoms with Gasteiger partial charge in [0.15, 0.2) is 0 Å². The van der Waals surface area contributed by atoms with E-state index < -0.39 is 0 Å². The fourth-order valence-corrected chi connectivity index (χ4v) is 2.47. The lowest BCUT2D eigenvalue weighted by Gasteiger charge is -2.11. The van der Waals surface area contributed by atoms with Crippen LogP contribution in [0.25, 0.3) is 0 Å². The van der Waals surface area contributed by atoms with E-state index in [9.17, 15) is 4.79 Å². The van der Waals surface area contributed by atoms with Gasteiger partial charge in [-0.15, -0.1) is 0 Å². The molecule has 21 heavy (non-hydrogen) atoms. The predicted molar refractivity (Wildman–Crippen MR) is 93.9 cm³/mol. The van der Waals surface area contributed by atoms with E-state index in [4.69, 9.17) is 18.0 Å². The number of amides is 1. The lowest BCUT2D eigenvalue weighted by Crippen LogP contribution is -2.15. The van der Waals surface area contributed by atoms with Crippen molar-refractivity contribution in [2.24, 2.45) is 5.73 Å². The van der Waals surface area contributed by atoms with Crippen LogP contribution in [0.5, 0.6) is 0 Å². The van der Waals surface area contributed by atoms with Crippen molar-refractivity contribution in [3.63, 3.8) is 0 Å². The van der Waals surface area contributed by atoms with E-state index in [0.717, 1.165) is 21.2 Å². The number of nitrogens with one attached hydrogen (secondary N) is 1. The highest BCUT2D eigenvalue weighted by atomic mass is 79.9. The summed E-state index contributed by atoms with van der Waals surface area (Å²) < 4.78 is 0.758. The van der Waals surface area contributed by atoms with Crippen molar-refractivity contribution >= 4 is 44.7 Å². The first-order valence-electron chi connectivity index (χ1n) is 6.36. The Labute approximate surface area is 137 Å². The van der Waals surface area contributed by atoms with Gasteiger partial charge in [-0.25, -0.2) is 0 Å². The molecule has 2 aromatic carbocycles. The van der Waals surface area contributed by atoms with Crippen LogP contribution in [0.3, 0.4) is 0 Å². The number of benzene rings is 2. The normalized spacial score (nSPS) is 10.2. The minimum atomic E-state index is -0.172. The molecule has 1 amide bonds. The van der Waals surface area contributed by atoms with Crippen LogP contribution in [-0.4, -0.2) is 10.9 Å². The van der Waals surface area contributed by atoms with Crippen molar-refractivity contribution in [3.05, 3.63) is 63.1 Å². The maximum atomic E-state index is 12.4. The second-order valence-corrected chi connectivity index (χ2v) is 6.13. The molecule has 0 spiro atoms. The molecule has 0 saturated heterocycles. The van der Waals surface area contributed by atoms with E-state index in [2.05, 4.69) is 21.2 Å². The topological polar surface area (TPSA) is 55.1 Å². The van der Waals surface area contributed by atoms with Crippen LogP contribution in [0.4, 0.5) is 5.69 Å². The standard InChI is InChI=1S/C16H15BrN2OS/c1-9-3-6-13(17)12(7-9)16(20)19-14-8-11(15(18)21)5-4-10(14)2/h3-8H,1-2H3,(H2,18,21)(H,19,20). The maximum absolute atomic E-state index is 12.4. The van der Waals surface area contributed by atoms with E-state index >= 15 is 0 Å². The Morgan fingerprint density at radius 2 is 1.90 bits per heavy atom. The third-order valence-corrected chi connectivity index (χ3v) is 4.06. The van der Waals surface area contributed by atoms with Gasteiger partial charge in [-0.2, -0.15) is 0 Å². The Morgan fingerprint density at radius 1 is 1.19 bits per heavy atom. The quantitative estimate of drug-likeness (QED) is 0.812. The first-order chi connectivity index (χ1) is 9.88. The Hall–Kier alpha value is -1.72. The Morgan fingerprint density at radius 3 is 2.57 bits per heavy atom. The molecular weight excluding hydrogens is 348 g/mol. The van der Waals surface area contributed by atoms with E-state index in [-0.39, 0.29) is 5.91 Å². The van der Waals surface area contributed by atoms with Crippen molar-refractivity contribution in [1.82, 2.24) is 0 Å². The van der Waals surface area contributed by atoms with Gasteiger partial charge in [0.2, 0.25) is 0 Å². The van der Waals surface area contributed by atoms with Gasteiger partial charge in [-0.3, -0.25) is 4.79 Å². The summed E-state index contributed by atoms with van der Waals surface area (Å²) in [4.78, 5) is 12.7. The average Bonchev–Trinajstić information content (AvgIpc) is 2.43. The molecule has 0 atom stereocenters. The van der Waals surface area contributed by atoms with Gasteiger partial charge < -0.3 is 11.1 Å². The highest BCUT2D eigenvalue weighted by Gasteiger charge is 2.12. The second kappa shape index (κ2) is 6.37. The number of thiocarbonyl (C=S) groups is 1. The molecule has 3 N–H and O–H groups in total. The number of hydrogen-bond acceptors (Lipinski definition) is 2. The lowest BCUT2D eigenvalue weighted by molar-refractivity contribution is 0.102. The van der Waals surface area contributed by atoms with Crippen molar-refractivity contribution in [2.75, 3.05) is 5.32 Å². The Balaban J connectivity index is 2.33. The first-order valence-corrected chi connectivity index (χ1v) is 7.56. The second-order valence-electron chi connectivity index (χ2n) is 4.83. The summed E-state index contributed by atoms with van der Waals surface area (Å²) >= 11 is 8.37. The zero-order chi connectivity index (χ0) is 15.6. The van der Waals surface area contributed by atoms with Crippen LogP contribution in [0.15, 0.2) is 40.9 Å². The molecule has 0 aliphatic carbocycles. The van der Waals surface area contributed by atoms with E-state index in [1.54, 1.807) is 6.07 Å². The van der Waals surface area contributed by atoms with Crippen molar-refractivity contribution < 1.29 is 4.79 Å². The molecule has 5 heteroatoms. The minimum absolute atomic E-state index is 0.172. The molecule has 0 radical (unpaired) electrons. The highest BCUT2D eigenvalue weighted by molar-refractivity contribution is 9.10. The molecule has 0 aromatic heterocycles. The summed E-state index contributed by atoms with van der Waals surface area (Å²) in [5, 5.41) is 2.91. The van der Waals surface area contributed by atoms with Crippen molar-refractivity contribution in [1.29, 1.82) is 0 Å². The van der Waals surface area contributed by atoms with Crippen LogP contribution < -0.4 is 11.1 Å². The maximum Gasteiger partial charge on any atom is 0.256 e. The highest BCUT2D eigenvalue weighted by Crippen LogP contribution is 2.22. The zero-order valence-electron chi connectivity index (χ0n) is 11.7. The number of carbonyl (C=O) groups is 1. The SMILES string of the molecule is Cc1ccc(Br)c(C(=O)Nc2cc(C(N)=S)ccc2C)c1. The minimum Gasteiger partial charge on any atom is -0.389 e. The molecule has 3 nitrogen and oxygen atoms in total. The molecular formula is C16H15BrN2OS. The van der Waals surface area contributed by atoms with Gasteiger partial charge in [0.25, 0.3) is 5.91 Å². The molecule has 0 bridgehead atoms. The molecule has 0 unspecified atom stereocenters. The van der Waals surface area contributed by atoms with Gasteiger partial charge in [0.05, 0.1) is 5.56 Å². The van der Waals surface area contributed by atoms with Gasteiger partial charge >= 0.3 is 0 Å². The van der Waals surface area contributed by atoms with Gasteiger partial charge in [-0.05, 0) is 53.5 Å². The van der Waals surface area contributed by atoms with Crippen LogP contribution in [0, 0.1) is 13.8 Å². The van der Waals surface area contributed by atoms with Crippen LogP contribution in [0.2, 0.25) is 0 Å². The number of carbonyl (C=O) groups excluding carboxylic acids is 1. The molecule has 2 aromatic rings. The van der Waals surface area contributed by atoms with Crippen LogP contribution in [0.1, 0.15) is 27.0 Å². The lowest BCUT2D eigenvalue weighted by atomic mass is 10.1. The summed E-state index contributed by atoms with van der Waals surface area (Å²) in [6.07, 6.45) is 0. The smallest absolute Gasteiger partial charge is 0.256 e. The van der Waals surface area contributed by atoms with E-state index in [1.807, 2.05) is 44.2 Å². The number of hydrogen-bond donors (Lipinski definition) is 2. The molecule has 108 valence electrons. The van der Waals surface area contributed by atoms with Crippen LogP contribution in [-0.2, 0) is 0 Å². The van der Waals surface area contributed by atoms with E-state index in [0.29, 0.717) is 16.2 Å². The third kappa shape index (κ3) is 3.68. The van der Waals surface area contributed by atoms with Crippen molar-refractivity contribution in [2.45, 2.75) is 13.8 Å². The number of halogens is 1. The number of anilines is 1. The molecule has 0 saturated carbocycles. The fraction of sp³-hybridized carbons (Fsp3) is 0.125. The van der Waals surface area contributed by atoms with Gasteiger partial charge in [0.1, 0.15) is 4.99 Å². The third-order valence-electron chi connectivity index (χ3n) is 3.14. The molecule has 0 fully saturated rings. The largest absolute Gasteiger partial charge is 0.389 e. The molecule has 0 heterocycles. The van der Waals surface area contributed by atoms with Crippen molar-refractivity contribution in [3.8, 4) is 0 Å². The summed E-state index contributed by atoms with van der Waals surface area (Å²) in [5.41, 5.74) is 9.64. The van der Waals surface area contributed by atoms with Gasteiger partial charge in [-0.1, -0.05) is 36.0 Å². The van der Waals surface area contributed by atoms with E-state index in [1.165, 1.54) is 0 Å². The summed E-state index contributed by atoms with van der Waals surface area (Å²) in [5.74, 6) is -0.172. The summed E-state index contributed by atoms with van der Waals surface area (Å²) in [6, 6.07) is 11.2. The number of nitrogens with two attached hydrogens (primary N) is 1. The molecule has 0 aliphatic heterocycles. The number of rotatable bonds is 3. The zero-order valence-corrected chi connectivity index (χ0v) is 14.1. The Bertz CT molecular complexity index is 728. The monoisotopic (exact) mass is 362 g/mol. The summed E-state index contributed by atoms with van der Waals surface area (Å²) in [7, 11) is 0. The fourth-order valence-electron chi connectivity index (χ4n) is 1.91. The molecule has 2 rings (SSSR count). The Kier molecular flexibility index (Phi) is 4.75. The average molecular weight is 363 g/mol.